The van der Waals surface area contributed by atoms with Gasteiger partial charge in [0.05, 0.1) is 0 Å². The van der Waals surface area contributed by atoms with Gasteiger partial charge < -0.3 is 9.47 Å². The lowest BCUT2D eigenvalue weighted by Gasteiger charge is -2.13. The zero-order valence-electron chi connectivity index (χ0n) is 8.85. The summed E-state index contributed by atoms with van der Waals surface area (Å²) in [5, 5.41) is 0. The predicted molar refractivity (Wildman–Crippen MR) is 58.1 cm³/mol. The zero-order valence-corrected chi connectivity index (χ0v) is 8.85. The van der Waals surface area contributed by atoms with Crippen molar-refractivity contribution in [3.05, 3.63) is 48.0 Å². The van der Waals surface area contributed by atoms with Crippen LogP contribution in [-0.2, 0) is 9.47 Å². The van der Waals surface area contributed by atoms with Crippen LogP contribution in [0.2, 0.25) is 0 Å². The fourth-order valence-electron chi connectivity index (χ4n) is 1.79. The lowest BCUT2D eigenvalue weighted by atomic mass is 10.0. The van der Waals surface area contributed by atoms with Crippen molar-refractivity contribution in [3.8, 4) is 0 Å². The number of hydrogen-bond donors (Lipinski definition) is 0. The molecular formula is C13H15O2. The molecule has 1 aromatic carbocycles. The Labute approximate surface area is 90.5 Å². The maximum atomic E-state index is 5.94. The molecule has 1 fully saturated rings. The average Bonchev–Trinajstić information content (AvgIpc) is 2.61. The molecule has 0 spiro atoms. The van der Waals surface area contributed by atoms with Crippen molar-refractivity contribution in [1.29, 1.82) is 0 Å². The van der Waals surface area contributed by atoms with E-state index in [1.54, 1.807) is 0 Å². The molecule has 15 heavy (non-hydrogen) atoms. The van der Waals surface area contributed by atoms with Gasteiger partial charge in [-0.2, -0.15) is 0 Å². The van der Waals surface area contributed by atoms with Gasteiger partial charge in [-0.3, -0.25) is 0 Å². The second kappa shape index (κ2) is 4.60. The van der Waals surface area contributed by atoms with E-state index in [0.29, 0.717) is 13.0 Å². The van der Waals surface area contributed by atoms with Crippen molar-refractivity contribution in [1.82, 2.24) is 0 Å². The second-order valence-electron chi connectivity index (χ2n) is 3.59. The van der Waals surface area contributed by atoms with E-state index in [4.69, 9.17) is 16.1 Å². The molecule has 1 radical (unpaired) electrons. The summed E-state index contributed by atoms with van der Waals surface area (Å²) < 4.78 is 11.1. The topological polar surface area (TPSA) is 18.5 Å². The Hall–Kier alpha value is -1.12. The largest absolute Gasteiger partial charge is 0.353 e. The molecule has 1 saturated heterocycles. The van der Waals surface area contributed by atoms with Crippen LogP contribution in [0.4, 0.5) is 0 Å². The maximum Gasteiger partial charge on any atom is 0.162 e. The maximum absolute atomic E-state index is 5.94. The van der Waals surface area contributed by atoms with Crippen LogP contribution in [-0.4, -0.2) is 12.9 Å². The first-order valence-electron chi connectivity index (χ1n) is 5.24. The number of hydrogen-bond acceptors (Lipinski definition) is 2. The van der Waals surface area contributed by atoms with Gasteiger partial charge in [-0.25, -0.2) is 0 Å². The SMILES string of the molecule is [CH]=C1CC(OCC)OC1c1ccccc1. The molecule has 0 aliphatic carbocycles. The quantitative estimate of drug-likeness (QED) is 0.752. The smallest absolute Gasteiger partial charge is 0.162 e. The second-order valence-corrected chi connectivity index (χ2v) is 3.59. The molecule has 1 aliphatic heterocycles. The van der Waals surface area contributed by atoms with E-state index in [1.165, 1.54) is 0 Å². The van der Waals surface area contributed by atoms with E-state index in [0.717, 1.165) is 11.1 Å². The standard InChI is InChI=1S/C13H15O2/c1-3-14-12-9-10(2)13(15-12)11-7-5-4-6-8-11/h2,4-8,12-13H,3,9H2,1H3. The third-order valence-corrected chi connectivity index (χ3v) is 2.48. The van der Waals surface area contributed by atoms with E-state index >= 15 is 0 Å². The summed E-state index contributed by atoms with van der Waals surface area (Å²) >= 11 is 0. The summed E-state index contributed by atoms with van der Waals surface area (Å²) in [4.78, 5) is 0. The van der Waals surface area contributed by atoms with Crippen LogP contribution in [0.5, 0.6) is 0 Å². The summed E-state index contributed by atoms with van der Waals surface area (Å²) in [6.07, 6.45) is 0.399. The molecule has 2 heteroatoms. The van der Waals surface area contributed by atoms with Gasteiger partial charge in [0.15, 0.2) is 6.29 Å². The lowest BCUT2D eigenvalue weighted by Crippen LogP contribution is -2.10. The van der Waals surface area contributed by atoms with Gasteiger partial charge in [-0.1, -0.05) is 36.9 Å². The van der Waals surface area contributed by atoms with Gasteiger partial charge in [0, 0.05) is 13.0 Å². The number of ether oxygens (including phenoxy) is 2. The normalized spacial score (nSPS) is 25.8. The molecule has 1 heterocycles. The zero-order chi connectivity index (χ0) is 10.7. The highest BCUT2D eigenvalue weighted by molar-refractivity contribution is 5.26. The minimum absolute atomic E-state index is 0.109. The van der Waals surface area contributed by atoms with Gasteiger partial charge in [0.2, 0.25) is 0 Å². The van der Waals surface area contributed by atoms with Crippen LogP contribution in [0.3, 0.4) is 0 Å². The summed E-state index contributed by atoms with van der Waals surface area (Å²) in [7, 11) is 0. The Kier molecular flexibility index (Phi) is 3.19. The van der Waals surface area contributed by atoms with Crippen molar-refractivity contribution in [2.45, 2.75) is 25.7 Å². The predicted octanol–water partition coefficient (Wildman–Crippen LogP) is 2.87. The van der Waals surface area contributed by atoms with Crippen LogP contribution in [0.1, 0.15) is 25.0 Å². The van der Waals surface area contributed by atoms with E-state index in [1.807, 2.05) is 37.3 Å². The molecule has 2 rings (SSSR count). The first-order chi connectivity index (χ1) is 7.31. The first kappa shape index (κ1) is 10.4. The summed E-state index contributed by atoms with van der Waals surface area (Å²) in [5.74, 6) is 0. The molecular weight excluding hydrogens is 188 g/mol. The van der Waals surface area contributed by atoms with Gasteiger partial charge >= 0.3 is 0 Å². The van der Waals surface area contributed by atoms with Crippen LogP contribution in [0.25, 0.3) is 0 Å². The van der Waals surface area contributed by atoms with E-state index in [2.05, 4.69) is 0 Å². The fourth-order valence-corrected chi connectivity index (χ4v) is 1.79. The minimum atomic E-state index is -0.180. The third kappa shape index (κ3) is 2.28. The van der Waals surface area contributed by atoms with Crippen LogP contribution in [0.15, 0.2) is 35.9 Å². The highest BCUT2D eigenvalue weighted by Gasteiger charge is 2.30. The summed E-state index contributed by atoms with van der Waals surface area (Å²) in [5.41, 5.74) is 1.94. The van der Waals surface area contributed by atoms with Crippen molar-refractivity contribution in [2.75, 3.05) is 6.61 Å². The molecule has 0 N–H and O–H groups in total. The Morgan fingerprint density at radius 3 is 2.80 bits per heavy atom. The average molecular weight is 203 g/mol. The monoisotopic (exact) mass is 203 g/mol. The highest BCUT2D eigenvalue weighted by atomic mass is 16.7. The van der Waals surface area contributed by atoms with Crippen molar-refractivity contribution < 1.29 is 9.47 Å². The first-order valence-corrected chi connectivity index (χ1v) is 5.24. The summed E-state index contributed by atoms with van der Waals surface area (Å²) in [6, 6.07) is 9.99. The number of benzene rings is 1. The van der Waals surface area contributed by atoms with Crippen LogP contribution >= 0.6 is 0 Å². The number of rotatable bonds is 3. The Balaban J connectivity index is 2.09. The molecule has 0 amide bonds. The van der Waals surface area contributed by atoms with Gasteiger partial charge in [0.25, 0.3) is 0 Å². The van der Waals surface area contributed by atoms with Crippen LogP contribution in [0, 0.1) is 6.58 Å². The van der Waals surface area contributed by atoms with E-state index in [9.17, 15) is 0 Å². The van der Waals surface area contributed by atoms with Gasteiger partial charge in [-0.15, -0.1) is 0 Å². The third-order valence-electron chi connectivity index (χ3n) is 2.48. The molecule has 79 valence electrons. The van der Waals surface area contributed by atoms with Crippen LogP contribution < -0.4 is 0 Å². The molecule has 0 aromatic heterocycles. The fraction of sp³-hybridized carbons (Fsp3) is 0.385. The molecule has 1 aromatic rings. The lowest BCUT2D eigenvalue weighted by molar-refractivity contribution is -0.130. The Morgan fingerprint density at radius 2 is 2.13 bits per heavy atom. The minimum Gasteiger partial charge on any atom is -0.353 e. The Bertz CT molecular complexity index is 332. The molecule has 0 bridgehead atoms. The van der Waals surface area contributed by atoms with E-state index < -0.39 is 0 Å². The highest BCUT2D eigenvalue weighted by Crippen LogP contribution is 2.36. The van der Waals surface area contributed by atoms with Crippen molar-refractivity contribution >= 4 is 0 Å². The molecule has 0 saturated carbocycles. The van der Waals surface area contributed by atoms with Crippen molar-refractivity contribution in [2.24, 2.45) is 0 Å². The molecule has 2 nitrogen and oxygen atoms in total. The molecule has 1 aliphatic rings. The molecule has 2 unspecified atom stereocenters. The van der Waals surface area contributed by atoms with Gasteiger partial charge in [0.1, 0.15) is 6.10 Å². The Morgan fingerprint density at radius 1 is 1.40 bits per heavy atom. The van der Waals surface area contributed by atoms with E-state index in [-0.39, 0.29) is 12.4 Å². The van der Waals surface area contributed by atoms with Gasteiger partial charge in [-0.05, 0) is 18.1 Å². The summed E-state index contributed by atoms with van der Waals surface area (Å²) in [6.45, 7) is 8.55. The molecule has 2 atom stereocenters. The van der Waals surface area contributed by atoms with Crippen molar-refractivity contribution in [3.63, 3.8) is 0 Å².